The molecule has 0 rings (SSSR count). The van der Waals surface area contributed by atoms with Crippen molar-refractivity contribution in [3.05, 3.63) is 0 Å². The minimum Gasteiger partial charge on any atom is -0.482 e. The molecule has 0 aromatic rings. The molecule has 0 radical (unpaired) electrons. The van der Waals surface area contributed by atoms with E-state index in [1.807, 2.05) is 0 Å². The summed E-state index contributed by atoms with van der Waals surface area (Å²) in [4.78, 5) is 0. The predicted octanol–water partition coefficient (Wildman–Crippen LogP) is 1.97. The van der Waals surface area contributed by atoms with Crippen molar-refractivity contribution in [3.8, 4) is 0 Å². The fourth-order valence-corrected chi connectivity index (χ4v) is 1.62. The summed E-state index contributed by atoms with van der Waals surface area (Å²) in [6.45, 7) is 9.22. The molecule has 0 aliphatic rings. The molecule has 0 fully saturated rings. The summed E-state index contributed by atoms with van der Waals surface area (Å²) in [5.41, 5.74) is 0. The van der Waals surface area contributed by atoms with Gasteiger partial charge in [0.05, 0.1) is 46.2 Å². The molecule has 0 aromatic heterocycles. The Morgan fingerprint density at radius 1 is 0.654 bits per heavy atom. The van der Waals surface area contributed by atoms with E-state index in [1.165, 1.54) is 0 Å². The van der Waals surface area contributed by atoms with E-state index in [2.05, 4.69) is 13.8 Å². The molecule has 0 aliphatic heterocycles. The van der Waals surface area contributed by atoms with Gasteiger partial charge in [0.25, 0.3) is 0 Å². The van der Waals surface area contributed by atoms with Crippen molar-refractivity contribution in [1.82, 2.24) is 0 Å². The van der Waals surface area contributed by atoms with E-state index in [-0.39, 0.29) is 19.8 Å². The number of thiocarbonyl (C=S) groups is 1. The van der Waals surface area contributed by atoms with Crippen molar-refractivity contribution >= 4 is 17.3 Å². The van der Waals surface area contributed by atoms with Crippen molar-refractivity contribution in [2.24, 2.45) is 0 Å². The molecular formula is C18H38O7S. The fourth-order valence-electron chi connectivity index (χ4n) is 1.46. The third-order valence-electron chi connectivity index (χ3n) is 2.84. The smallest absolute Gasteiger partial charge is 0.185 e. The number of rotatable bonds is 18. The number of hydrogen-bond acceptors (Lipinski definition) is 8. The van der Waals surface area contributed by atoms with Crippen molar-refractivity contribution in [3.63, 3.8) is 0 Å². The highest BCUT2D eigenvalue weighted by Crippen LogP contribution is 1.90. The van der Waals surface area contributed by atoms with Crippen LogP contribution in [0.25, 0.3) is 0 Å². The van der Waals surface area contributed by atoms with Gasteiger partial charge in [0.2, 0.25) is 0 Å². The van der Waals surface area contributed by atoms with Gasteiger partial charge in [0.1, 0.15) is 13.2 Å². The van der Waals surface area contributed by atoms with Crippen LogP contribution in [0.4, 0.5) is 0 Å². The second-order valence-electron chi connectivity index (χ2n) is 5.26. The Kier molecular flexibility index (Phi) is 28.8. The molecule has 0 aromatic carbocycles. The molecule has 0 unspecified atom stereocenters. The standard InChI is InChI=1S/C10H22O4.C8H16O3S/c1-2-3-5-12-7-9-14-10-8-13-6-4-11;1-2-3-5-10-7-8(12)11-6-4-9/h11H,2-10H2,1H3;9H,2-7H2,1H3. The van der Waals surface area contributed by atoms with Gasteiger partial charge in [-0.25, -0.2) is 0 Å². The molecular weight excluding hydrogens is 360 g/mol. The molecule has 0 aliphatic carbocycles. The Labute approximate surface area is 163 Å². The number of aliphatic hydroxyl groups is 2. The second-order valence-corrected chi connectivity index (χ2v) is 5.72. The van der Waals surface area contributed by atoms with E-state index in [9.17, 15) is 0 Å². The second kappa shape index (κ2) is 26.9. The lowest BCUT2D eigenvalue weighted by Gasteiger charge is -2.05. The molecule has 0 bridgehead atoms. The average Bonchev–Trinajstić information content (AvgIpc) is 2.65. The zero-order valence-corrected chi connectivity index (χ0v) is 17.3. The lowest BCUT2D eigenvalue weighted by atomic mass is 10.4. The van der Waals surface area contributed by atoms with Crippen LogP contribution in [0, 0.1) is 0 Å². The molecule has 26 heavy (non-hydrogen) atoms. The van der Waals surface area contributed by atoms with E-state index >= 15 is 0 Å². The van der Waals surface area contributed by atoms with Crippen LogP contribution in [0.5, 0.6) is 0 Å². The topological polar surface area (TPSA) is 86.6 Å². The monoisotopic (exact) mass is 398 g/mol. The number of unbranched alkanes of at least 4 members (excludes halogenated alkanes) is 2. The Morgan fingerprint density at radius 2 is 1.12 bits per heavy atom. The minimum absolute atomic E-state index is 0.00486. The Bertz CT molecular complexity index is 256. The summed E-state index contributed by atoms with van der Waals surface area (Å²) in [6.07, 6.45) is 4.43. The molecule has 0 heterocycles. The maximum absolute atomic E-state index is 8.40. The first-order chi connectivity index (χ1) is 12.7. The van der Waals surface area contributed by atoms with Crippen LogP contribution >= 0.6 is 12.2 Å². The summed E-state index contributed by atoms with van der Waals surface area (Å²) in [7, 11) is 0. The van der Waals surface area contributed by atoms with Gasteiger partial charge < -0.3 is 33.9 Å². The highest BCUT2D eigenvalue weighted by atomic mass is 32.1. The largest absolute Gasteiger partial charge is 0.482 e. The Hall–Kier alpha value is -0.350. The van der Waals surface area contributed by atoms with Gasteiger partial charge in [-0.1, -0.05) is 26.7 Å². The Morgan fingerprint density at radius 3 is 1.62 bits per heavy atom. The summed E-state index contributed by atoms with van der Waals surface area (Å²) in [5.74, 6) is 0. The zero-order valence-electron chi connectivity index (χ0n) is 16.5. The minimum atomic E-state index is -0.00486. The molecule has 0 atom stereocenters. The van der Waals surface area contributed by atoms with Gasteiger partial charge >= 0.3 is 0 Å². The van der Waals surface area contributed by atoms with Crippen molar-refractivity contribution in [1.29, 1.82) is 0 Å². The van der Waals surface area contributed by atoms with Crippen LogP contribution in [0.15, 0.2) is 0 Å². The summed E-state index contributed by atoms with van der Waals surface area (Å²) >= 11 is 4.81. The zero-order chi connectivity index (χ0) is 19.7. The van der Waals surface area contributed by atoms with Crippen LogP contribution in [-0.4, -0.2) is 87.9 Å². The van der Waals surface area contributed by atoms with Crippen LogP contribution in [0.3, 0.4) is 0 Å². The third-order valence-corrected chi connectivity index (χ3v) is 3.07. The summed E-state index contributed by atoms with van der Waals surface area (Å²) < 4.78 is 25.6. The number of ether oxygens (including phenoxy) is 5. The lowest BCUT2D eigenvalue weighted by Crippen LogP contribution is -2.13. The van der Waals surface area contributed by atoms with Gasteiger partial charge in [-0.15, -0.1) is 0 Å². The van der Waals surface area contributed by atoms with Crippen LogP contribution in [0.1, 0.15) is 39.5 Å². The Balaban J connectivity index is 0. The summed E-state index contributed by atoms with van der Waals surface area (Å²) in [6, 6.07) is 0. The van der Waals surface area contributed by atoms with Crippen LogP contribution in [0.2, 0.25) is 0 Å². The van der Waals surface area contributed by atoms with E-state index in [4.69, 9.17) is 46.1 Å². The maximum atomic E-state index is 8.40. The molecule has 0 amide bonds. The quantitative estimate of drug-likeness (QED) is 0.268. The first kappa shape index (κ1) is 27.9. The highest BCUT2D eigenvalue weighted by Gasteiger charge is 1.96. The van der Waals surface area contributed by atoms with Gasteiger partial charge in [-0.2, -0.15) is 0 Å². The predicted molar refractivity (Wildman–Crippen MR) is 106 cm³/mol. The highest BCUT2D eigenvalue weighted by molar-refractivity contribution is 7.80. The summed E-state index contributed by atoms with van der Waals surface area (Å²) in [5, 5.41) is 17.2. The molecule has 0 saturated heterocycles. The SMILES string of the molecule is CCCCOCC(=S)OCCO.CCCCOCCOCCOCCO. The van der Waals surface area contributed by atoms with Crippen molar-refractivity contribution < 1.29 is 33.9 Å². The van der Waals surface area contributed by atoms with Crippen molar-refractivity contribution in [2.45, 2.75) is 39.5 Å². The van der Waals surface area contributed by atoms with E-state index < -0.39 is 0 Å². The van der Waals surface area contributed by atoms with Crippen LogP contribution < -0.4 is 0 Å². The van der Waals surface area contributed by atoms with Gasteiger partial charge in [0.15, 0.2) is 5.05 Å². The molecule has 8 heteroatoms. The van der Waals surface area contributed by atoms with E-state index in [0.717, 1.165) is 38.9 Å². The first-order valence-corrected chi connectivity index (χ1v) is 9.81. The molecule has 2 N–H and O–H groups in total. The molecule has 158 valence electrons. The van der Waals surface area contributed by atoms with Crippen LogP contribution in [-0.2, 0) is 23.7 Å². The van der Waals surface area contributed by atoms with E-state index in [1.54, 1.807) is 0 Å². The molecule has 0 saturated carbocycles. The maximum Gasteiger partial charge on any atom is 0.185 e. The third kappa shape index (κ3) is 28.5. The van der Waals surface area contributed by atoms with Gasteiger partial charge in [-0.3, -0.25) is 0 Å². The molecule has 0 spiro atoms. The van der Waals surface area contributed by atoms with Gasteiger partial charge in [-0.05, 0) is 25.1 Å². The van der Waals surface area contributed by atoms with Crippen molar-refractivity contribution in [2.75, 3.05) is 72.7 Å². The van der Waals surface area contributed by atoms with E-state index in [0.29, 0.717) is 44.7 Å². The molecule has 7 nitrogen and oxygen atoms in total. The normalized spacial score (nSPS) is 10.3. The lowest BCUT2D eigenvalue weighted by molar-refractivity contribution is 0.00735. The van der Waals surface area contributed by atoms with Gasteiger partial charge in [0, 0.05) is 13.2 Å². The fraction of sp³-hybridized carbons (Fsp3) is 0.944. The number of hydrogen-bond donors (Lipinski definition) is 2. The number of aliphatic hydroxyl groups excluding tert-OH is 2. The first-order valence-electron chi connectivity index (χ1n) is 9.41. The average molecular weight is 399 g/mol.